The fourth-order valence-corrected chi connectivity index (χ4v) is 2.03. The van der Waals surface area contributed by atoms with Crippen LogP contribution in [0.25, 0.3) is 11.0 Å². The molecule has 6 nitrogen and oxygen atoms in total. The van der Waals surface area contributed by atoms with Crippen LogP contribution < -0.4 is 15.8 Å². The van der Waals surface area contributed by atoms with Gasteiger partial charge in [0, 0.05) is 6.54 Å². The molecule has 0 bridgehead atoms. The first-order chi connectivity index (χ1) is 9.67. The molecule has 2 rings (SSSR count). The predicted molar refractivity (Wildman–Crippen MR) is 78.6 cm³/mol. The lowest BCUT2D eigenvalue weighted by Gasteiger charge is -2.07. The molecule has 6 heteroatoms. The Morgan fingerprint density at radius 2 is 2.25 bits per heavy atom. The quantitative estimate of drug-likeness (QED) is 0.838. The van der Waals surface area contributed by atoms with E-state index in [1.54, 1.807) is 4.57 Å². The number of nitrogens with one attached hydrogen (secondary N) is 1. The van der Waals surface area contributed by atoms with E-state index in [1.165, 1.54) is 0 Å². The maximum absolute atomic E-state index is 11.7. The zero-order valence-corrected chi connectivity index (χ0v) is 11.8. The van der Waals surface area contributed by atoms with Gasteiger partial charge in [-0.2, -0.15) is 0 Å². The molecule has 0 saturated carbocycles. The topological polar surface area (TPSA) is 82.2 Å². The van der Waals surface area contributed by atoms with E-state index in [4.69, 9.17) is 10.5 Å². The first-order valence-electron chi connectivity index (χ1n) is 6.81. The van der Waals surface area contributed by atoms with Gasteiger partial charge in [-0.25, -0.2) is 4.98 Å². The van der Waals surface area contributed by atoms with Crippen molar-refractivity contribution >= 4 is 22.9 Å². The van der Waals surface area contributed by atoms with Gasteiger partial charge in [0.05, 0.1) is 12.1 Å². The normalized spacial score (nSPS) is 10.7. The lowest BCUT2D eigenvalue weighted by molar-refractivity contribution is -0.121. The maximum atomic E-state index is 11.7. The minimum absolute atomic E-state index is 0.0848. The van der Waals surface area contributed by atoms with E-state index < -0.39 is 0 Å². The first kappa shape index (κ1) is 14.2. The van der Waals surface area contributed by atoms with Crippen LogP contribution in [-0.4, -0.2) is 28.6 Å². The molecule has 1 aromatic carbocycles. The third-order valence-corrected chi connectivity index (χ3v) is 2.91. The van der Waals surface area contributed by atoms with E-state index in [0.29, 0.717) is 30.4 Å². The molecule has 108 valence electrons. The van der Waals surface area contributed by atoms with Crippen LogP contribution in [0, 0.1) is 0 Å². The van der Waals surface area contributed by atoms with Crippen molar-refractivity contribution in [2.45, 2.75) is 26.8 Å². The number of benzene rings is 1. The smallest absolute Gasteiger partial charge is 0.240 e. The zero-order chi connectivity index (χ0) is 14.5. The second-order valence-electron chi connectivity index (χ2n) is 4.48. The highest BCUT2D eigenvalue weighted by atomic mass is 16.5. The van der Waals surface area contributed by atoms with Gasteiger partial charge in [0.15, 0.2) is 0 Å². The Balaban J connectivity index is 2.36. The SMILES string of the molecule is CCCOc1cccc2c1nc(N)n2CC(=O)NCC. The molecular formula is C14H20N4O2. The van der Waals surface area contributed by atoms with Crippen LogP contribution in [0.2, 0.25) is 0 Å². The molecule has 0 saturated heterocycles. The average Bonchev–Trinajstić information content (AvgIpc) is 2.74. The van der Waals surface area contributed by atoms with Crippen LogP contribution in [0.15, 0.2) is 18.2 Å². The van der Waals surface area contributed by atoms with Gasteiger partial charge < -0.3 is 20.4 Å². The molecule has 0 unspecified atom stereocenters. The van der Waals surface area contributed by atoms with E-state index in [2.05, 4.69) is 10.3 Å². The molecule has 1 aromatic heterocycles. The van der Waals surface area contributed by atoms with Crippen LogP contribution >= 0.6 is 0 Å². The van der Waals surface area contributed by atoms with E-state index in [1.807, 2.05) is 32.0 Å². The first-order valence-corrected chi connectivity index (χ1v) is 6.81. The summed E-state index contributed by atoms with van der Waals surface area (Å²) >= 11 is 0. The number of carbonyl (C=O) groups excluding carboxylic acids is 1. The lowest BCUT2D eigenvalue weighted by atomic mass is 10.3. The number of hydrogen-bond acceptors (Lipinski definition) is 4. The Labute approximate surface area is 117 Å². The Morgan fingerprint density at radius 3 is 2.95 bits per heavy atom. The van der Waals surface area contributed by atoms with Gasteiger partial charge in [-0.3, -0.25) is 4.79 Å². The zero-order valence-electron chi connectivity index (χ0n) is 11.8. The predicted octanol–water partition coefficient (Wildman–Crippen LogP) is 1.54. The van der Waals surface area contributed by atoms with Gasteiger partial charge in [0.25, 0.3) is 0 Å². The minimum atomic E-state index is -0.0848. The number of hydrogen-bond donors (Lipinski definition) is 2. The fraction of sp³-hybridized carbons (Fsp3) is 0.429. The number of fused-ring (bicyclic) bond motifs is 1. The highest BCUT2D eigenvalue weighted by molar-refractivity contribution is 5.86. The van der Waals surface area contributed by atoms with Crippen molar-refractivity contribution in [3.05, 3.63) is 18.2 Å². The lowest BCUT2D eigenvalue weighted by Crippen LogP contribution is -2.27. The van der Waals surface area contributed by atoms with Crippen LogP contribution in [0.3, 0.4) is 0 Å². The Hall–Kier alpha value is -2.24. The molecular weight excluding hydrogens is 256 g/mol. The standard InChI is InChI=1S/C14H20N4O2/c1-3-8-20-11-7-5-6-10-13(11)17-14(15)18(10)9-12(19)16-4-2/h5-7H,3-4,8-9H2,1-2H3,(H2,15,17)(H,16,19). The number of nitrogens with two attached hydrogens (primary N) is 1. The van der Waals surface area contributed by atoms with Crippen LogP contribution in [0.1, 0.15) is 20.3 Å². The van der Waals surface area contributed by atoms with Crippen molar-refractivity contribution in [2.75, 3.05) is 18.9 Å². The summed E-state index contributed by atoms with van der Waals surface area (Å²) in [6, 6.07) is 5.63. The summed E-state index contributed by atoms with van der Waals surface area (Å²) in [5.74, 6) is 0.933. The van der Waals surface area contributed by atoms with E-state index in [0.717, 1.165) is 11.9 Å². The molecule has 0 aliphatic heterocycles. The third kappa shape index (κ3) is 2.84. The molecule has 1 heterocycles. The summed E-state index contributed by atoms with van der Waals surface area (Å²) in [5.41, 5.74) is 7.42. The fourth-order valence-electron chi connectivity index (χ4n) is 2.03. The number of rotatable bonds is 6. The summed E-state index contributed by atoms with van der Waals surface area (Å²) in [7, 11) is 0. The van der Waals surface area contributed by atoms with E-state index in [9.17, 15) is 4.79 Å². The van der Waals surface area contributed by atoms with Crippen molar-refractivity contribution in [3.63, 3.8) is 0 Å². The van der Waals surface area contributed by atoms with Crippen LogP contribution in [0.5, 0.6) is 5.75 Å². The molecule has 20 heavy (non-hydrogen) atoms. The summed E-state index contributed by atoms with van der Waals surface area (Å²) in [6.07, 6.45) is 0.922. The molecule has 0 aliphatic rings. The number of para-hydroxylation sites is 1. The Bertz CT molecular complexity index is 606. The number of amides is 1. The number of aromatic nitrogens is 2. The second kappa shape index (κ2) is 6.27. The highest BCUT2D eigenvalue weighted by Gasteiger charge is 2.14. The van der Waals surface area contributed by atoms with Crippen molar-refractivity contribution in [1.29, 1.82) is 0 Å². The van der Waals surface area contributed by atoms with Crippen molar-refractivity contribution in [2.24, 2.45) is 0 Å². The minimum Gasteiger partial charge on any atom is -0.491 e. The Morgan fingerprint density at radius 1 is 1.45 bits per heavy atom. The number of likely N-dealkylation sites (N-methyl/N-ethyl adjacent to an activating group) is 1. The molecule has 0 fully saturated rings. The largest absolute Gasteiger partial charge is 0.491 e. The number of nitrogen functional groups attached to an aromatic ring is 1. The van der Waals surface area contributed by atoms with E-state index >= 15 is 0 Å². The Kier molecular flexibility index (Phi) is 4.45. The van der Waals surface area contributed by atoms with Crippen LogP contribution in [-0.2, 0) is 11.3 Å². The van der Waals surface area contributed by atoms with Crippen LogP contribution in [0.4, 0.5) is 5.95 Å². The molecule has 1 amide bonds. The molecule has 0 radical (unpaired) electrons. The van der Waals surface area contributed by atoms with Crippen molar-refractivity contribution in [1.82, 2.24) is 14.9 Å². The molecule has 0 spiro atoms. The number of carbonyl (C=O) groups is 1. The van der Waals surface area contributed by atoms with Gasteiger partial charge in [0.2, 0.25) is 11.9 Å². The van der Waals surface area contributed by atoms with Crippen molar-refractivity contribution in [3.8, 4) is 5.75 Å². The summed E-state index contributed by atoms with van der Waals surface area (Å²) < 4.78 is 7.35. The molecule has 0 aliphatic carbocycles. The number of anilines is 1. The average molecular weight is 276 g/mol. The van der Waals surface area contributed by atoms with Gasteiger partial charge in [-0.1, -0.05) is 13.0 Å². The number of imidazole rings is 1. The molecule has 0 atom stereocenters. The van der Waals surface area contributed by atoms with Gasteiger partial charge >= 0.3 is 0 Å². The second-order valence-corrected chi connectivity index (χ2v) is 4.48. The molecule has 2 aromatic rings. The maximum Gasteiger partial charge on any atom is 0.240 e. The summed E-state index contributed by atoms with van der Waals surface area (Å²) in [6.45, 7) is 5.30. The van der Waals surface area contributed by atoms with Gasteiger partial charge in [-0.05, 0) is 25.5 Å². The number of nitrogens with zero attached hydrogens (tertiary/aromatic N) is 2. The summed E-state index contributed by atoms with van der Waals surface area (Å²) in [4.78, 5) is 16.0. The van der Waals surface area contributed by atoms with Crippen molar-refractivity contribution < 1.29 is 9.53 Å². The third-order valence-electron chi connectivity index (χ3n) is 2.91. The molecule has 3 N–H and O–H groups in total. The summed E-state index contributed by atoms with van der Waals surface area (Å²) in [5, 5.41) is 2.75. The van der Waals surface area contributed by atoms with E-state index in [-0.39, 0.29) is 12.5 Å². The number of ether oxygens (including phenoxy) is 1. The highest BCUT2D eigenvalue weighted by Crippen LogP contribution is 2.27. The van der Waals surface area contributed by atoms with Gasteiger partial charge in [0.1, 0.15) is 17.8 Å². The monoisotopic (exact) mass is 276 g/mol. The van der Waals surface area contributed by atoms with Gasteiger partial charge in [-0.15, -0.1) is 0 Å².